The predicted octanol–water partition coefficient (Wildman–Crippen LogP) is 4.26. The summed E-state index contributed by atoms with van der Waals surface area (Å²) in [5.41, 5.74) is 1.31. The van der Waals surface area contributed by atoms with Crippen molar-refractivity contribution in [2.45, 2.75) is 25.6 Å². The predicted molar refractivity (Wildman–Crippen MR) is 91.6 cm³/mol. The highest BCUT2D eigenvalue weighted by Crippen LogP contribution is 2.31. The van der Waals surface area contributed by atoms with Crippen LogP contribution in [0.4, 0.5) is 18.9 Å². The number of imidazole rings is 1. The van der Waals surface area contributed by atoms with Crippen molar-refractivity contribution in [1.82, 2.24) is 9.55 Å². The summed E-state index contributed by atoms with van der Waals surface area (Å²) in [5, 5.41) is 2.61. The van der Waals surface area contributed by atoms with E-state index in [1.54, 1.807) is 0 Å². The van der Waals surface area contributed by atoms with Crippen molar-refractivity contribution >= 4 is 22.6 Å². The van der Waals surface area contributed by atoms with E-state index in [0.29, 0.717) is 19.4 Å². The van der Waals surface area contributed by atoms with Gasteiger partial charge in [-0.25, -0.2) is 4.98 Å². The molecule has 7 heteroatoms. The van der Waals surface area contributed by atoms with Crippen LogP contribution in [0.3, 0.4) is 0 Å². The second kappa shape index (κ2) is 6.16. The van der Waals surface area contributed by atoms with Gasteiger partial charge in [-0.1, -0.05) is 18.2 Å². The summed E-state index contributed by atoms with van der Waals surface area (Å²) in [6.45, 7) is 0.663. The quantitative estimate of drug-likeness (QED) is 0.743. The first-order valence-corrected chi connectivity index (χ1v) is 8.34. The maximum absolute atomic E-state index is 12.8. The minimum absolute atomic E-state index is 0.156. The number of aryl methyl sites for hydroxylation is 1. The number of alkyl halides is 3. The summed E-state index contributed by atoms with van der Waals surface area (Å²) in [6.07, 6.45) is -3.34. The van der Waals surface area contributed by atoms with Crippen molar-refractivity contribution in [2.75, 3.05) is 5.32 Å². The molecule has 1 N–H and O–H groups in total. The van der Waals surface area contributed by atoms with Crippen LogP contribution in [0.25, 0.3) is 11.0 Å². The molecule has 1 aromatic heterocycles. The van der Waals surface area contributed by atoms with E-state index in [0.717, 1.165) is 29.0 Å². The molecule has 3 aromatic rings. The lowest BCUT2D eigenvalue weighted by atomic mass is 9.96. The molecular formula is C19H16F3N3O. The van der Waals surface area contributed by atoms with Crippen LogP contribution in [-0.4, -0.2) is 15.5 Å². The van der Waals surface area contributed by atoms with Crippen LogP contribution in [0, 0.1) is 5.92 Å². The van der Waals surface area contributed by atoms with Gasteiger partial charge in [-0.2, -0.15) is 13.2 Å². The van der Waals surface area contributed by atoms with Gasteiger partial charge in [-0.05, 0) is 36.8 Å². The van der Waals surface area contributed by atoms with Crippen LogP contribution in [0.5, 0.6) is 0 Å². The van der Waals surface area contributed by atoms with Gasteiger partial charge in [0.05, 0.1) is 16.6 Å². The zero-order valence-electron chi connectivity index (χ0n) is 13.8. The normalized spacial score (nSPS) is 17.1. The first kappa shape index (κ1) is 16.6. The molecule has 2 aromatic carbocycles. The summed E-state index contributed by atoms with van der Waals surface area (Å²) in [4.78, 5) is 17.1. The molecule has 0 spiro atoms. The number of hydrogen-bond acceptors (Lipinski definition) is 2. The van der Waals surface area contributed by atoms with E-state index < -0.39 is 11.7 Å². The van der Waals surface area contributed by atoms with Gasteiger partial charge in [0, 0.05) is 24.6 Å². The standard InChI is InChI=1S/C19H16F3N3O/c20-19(21,22)13-4-3-5-14(11-13)23-18(26)12-8-9-25-16-7-2-1-6-15(16)24-17(25)10-12/h1-7,11-12H,8-10H2,(H,23,26). The zero-order valence-corrected chi connectivity index (χ0v) is 13.8. The van der Waals surface area contributed by atoms with Crippen LogP contribution in [0.1, 0.15) is 17.8 Å². The van der Waals surface area contributed by atoms with Crippen molar-refractivity contribution in [3.05, 3.63) is 59.9 Å². The van der Waals surface area contributed by atoms with Gasteiger partial charge >= 0.3 is 6.18 Å². The second-order valence-corrected chi connectivity index (χ2v) is 6.43. The summed E-state index contributed by atoms with van der Waals surface area (Å²) in [7, 11) is 0. The van der Waals surface area contributed by atoms with Crippen molar-refractivity contribution in [3.63, 3.8) is 0 Å². The molecule has 0 radical (unpaired) electrons. The van der Waals surface area contributed by atoms with Crippen LogP contribution < -0.4 is 5.32 Å². The lowest BCUT2D eigenvalue weighted by Gasteiger charge is -2.23. The van der Waals surface area contributed by atoms with Gasteiger partial charge in [-0.15, -0.1) is 0 Å². The Kier molecular flexibility index (Phi) is 3.94. The number of rotatable bonds is 2. The lowest BCUT2D eigenvalue weighted by molar-refractivity contribution is -0.137. The molecule has 0 fully saturated rings. The molecule has 4 nitrogen and oxygen atoms in total. The lowest BCUT2D eigenvalue weighted by Crippen LogP contribution is -2.30. The number of nitrogens with one attached hydrogen (secondary N) is 1. The number of anilines is 1. The average Bonchev–Trinajstić information content (AvgIpc) is 2.99. The van der Waals surface area contributed by atoms with Gasteiger partial charge in [0.25, 0.3) is 0 Å². The van der Waals surface area contributed by atoms with Crippen molar-refractivity contribution < 1.29 is 18.0 Å². The number of carbonyl (C=O) groups is 1. The van der Waals surface area contributed by atoms with Gasteiger partial charge in [-0.3, -0.25) is 4.79 Å². The Morgan fingerprint density at radius 3 is 2.77 bits per heavy atom. The molecule has 4 rings (SSSR count). The molecule has 1 atom stereocenters. The average molecular weight is 359 g/mol. The van der Waals surface area contributed by atoms with E-state index in [1.807, 2.05) is 24.3 Å². The van der Waals surface area contributed by atoms with Crippen molar-refractivity contribution in [1.29, 1.82) is 0 Å². The monoisotopic (exact) mass is 359 g/mol. The topological polar surface area (TPSA) is 46.9 Å². The van der Waals surface area contributed by atoms with Crippen LogP contribution in [-0.2, 0) is 23.9 Å². The summed E-state index contributed by atoms with van der Waals surface area (Å²) < 4.78 is 40.5. The number of benzene rings is 2. The van der Waals surface area contributed by atoms with Crippen LogP contribution >= 0.6 is 0 Å². The molecule has 1 aliphatic rings. The third kappa shape index (κ3) is 3.05. The highest BCUT2D eigenvalue weighted by molar-refractivity contribution is 5.93. The molecule has 1 aliphatic heterocycles. The highest BCUT2D eigenvalue weighted by atomic mass is 19.4. The number of amides is 1. The van der Waals surface area contributed by atoms with E-state index >= 15 is 0 Å². The Bertz CT molecular complexity index is 978. The number of fused-ring (bicyclic) bond motifs is 3. The number of para-hydroxylation sites is 2. The first-order valence-electron chi connectivity index (χ1n) is 8.34. The Labute approximate surface area is 147 Å². The van der Waals surface area contributed by atoms with E-state index in [4.69, 9.17) is 0 Å². The van der Waals surface area contributed by atoms with Gasteiger partial charge in [0.1, 0.15) is 5.82 Å². The number of hydrogen-bond donors (Lipinski definition) is 1. The Morgan fingerprint density at radius 1 is 1.15 bits per heavy atom. The highest BCUT2D eigenvalue weighted by Gasteiger charge is 2.31. The fourth-order valence-electron chi connectivity index (χ4n) is 3.38. The first-order chi connectivity index (χ1) is 12.4. The number of carbonyl (C=O) groups excluding carboxylic acids is 1. The van der Waals surface area contributed by atoms with E-state index in [9.17, 15) is 18.0 Å². The van der Waals surface area contributed by atoms with E-state index in [-0.39, 0.29) is 17.5 Å². The molecule has 0 aliphatic carbocycles. The fourth-order valence-corrected chi connectivity index (χ4v) is 3.38. The molecule has 2 heterocycles. The summed E-state index contributed by atoms with van der Waals surface area (Å²) in [5.74, 6) is 0.248. The molecule has 1 unspecified atom stereocenters. The van der Waals surface area contributed by atoms with E-state index in [2.05, 4.69) is 14.9 Å². The maximum Gasteiger partial charge on any atom is 0.416 e. The SMILES string of the molecule is O=C(Nc1cccc(C(F)(F)F)c1)C1CCn2c(nc3ccccc32)C1. The number of nitrogens with zero attached hydrogens (tertiary/aromatic N) is 2. The molecular weight excluding hydrogens is 343 g/mol. The Balaban J connectivity index is 1.51. The smallest absolute Gasteiger partial charge is 0.328 e. The minimum Gasteiger partial charge on any atom is -0.328 e. The number of aromatic nitrogens is 2. The summed E-state index contributed by atoms with van der Waals surface area (Å²) in [6, 6.07) is 12.5. The second-order valence-electron chi connectivity index (χ2n) is 6.43. The van der Waals surface area contributed by atoms with Crippen molar-refractivity contribution in [3.8, 4) is 0 Å². The Hall–Kier alpha value is -2.83. The fraction of sp³-hybridized carbons (Fsp3) is 0.263. The Morgan fingerprint density at radius 2 is 1.96 bits per heavy atom. The molecule has 0 bridgehead atoms. The van der Waals surface area contributed by atoms with Crippen LogP contribution in [0.15, 0.2) is 48.5 Å². The van der Waals surface area contributed by atoms with Gasteiger partial charge in [0.15, 0.2) is 0 Å². The molecule has 0 saturated heterocycles. The third-order valence-corrected chi connectivity index (χ3v) is 4.69. The number of halogens is 3. The third-order valence-electron chi connectivity index (χ3n) is 4.69. The van der Waals surface area contributed by atoms with Gasteiger partial charge in [0.2, 0.25) is 5.91 Å². The zero-order chi connectivity index (χ0) is 18.3. The van der Waals surface area contributed by atoms with Crippen molar-refractivity contribution in [2.24, 2.45) is 5.92 Å². The van der Waals surface area contributed by atoms with E-state index in [1.165, 1.54) is 12.1 Å². The minimum atomic E-state index is -4.43. The van der Waals surface area contributed by atoms with Gasteiger partial charge < -0.3 is 9.88 Å². The maximum atomic E-state index is 12.8. The summed E-state index contributed by atoms with van der Waals surface area (Å²) >= 11 is 0. The molecule has 26 heavy (non-hydrogen) atoms. The molecule has 1 amide bonds. The molecule has 0 saturated carbocycles. The van der Waals surface area contributed by atoms with Crippen LogP contribution in [0.2, 0.25) is 0 Å². The molecule has 134 valence electrons. The largest absolute Gasteiger partial charge is 0.416 e.